The third-order valence-electron chi connectivity index (χ3n) is 7.42. The molecule has 2 heterocycles. The lowest BCUT2D eigenvalue weighted by atomic mass is 9.96. The quantitative estimate of drug-likeness (QED) is 0.214. The molecule has 1 amide bonds. The van der Waals surface area contributed by atoms with Crippen molar-refractivity contribution in [2.24, 2.45) is 0 Å². The van der Waals surface area contributed by atoms with Crippen LogP contribution in [0, 0.1) is 13.8 Å². The van der Waals surface area contributed by atoms with Crippen LogP contribution in [-0.2, 0) is 29.4 Å². The number of carbonyl (C=O) groups excluding carboxylic acids is 1. The molecule has 1 unspecified atom stereocenters. The number of aryl methyl sites for hydroxylation is 3. The molecule has 0 radical (unpaired) electrons. The summed E-state index contributed by atoms with van der Waals surface area (Å²) in [5, 5.41) is 5.85. The Morgan fingerprint density at radius 3 is 2.34 bits per heavy atom. The molecular weight excluding hydrogens is 538 g/mol. The van der Waals surface area contributed by atoms with Crippen molar-refractivity contribution in [1.29, 1.82) is 0 Å². The van der Waals surface area contributed by atoms with Gasteiger partial charge in [0.25, 0.3) is 5.91 Å². The molecule has 0 fully saturated rings. The number of aromatic nitrogens is 3. The number of imidazole rings is 1. The maximum atomic E-state index is 13.5. The molecule has 218 valence electrons. The highest BCUT2D eigenvalue weighted by atomic mass is 32.2. The van der Waals surface area contributed by atoms with Gasteiger partial charge in [-0.25, -0.2) is 13.4 Å². The van der Waals surface area contributed by atoms with E-state index in [1.807, 2.05) is 66.9 Å². The lowest BCUT2D eigenvalue weighted by Crippen LogP contribution is -2.24. The number of hydrogen-bond donors (Lipinski definition) is 2. The van der Waals surface area contributed by atoms with Crippen molar-refractivity contribution in [3.8, 4) is 11.1 Å². The van der Waals surface area contributed by atoms with Gasteiger partial charge < -0.3 is 14.4 Å². The summed E-state index contributed by atoms with van der Waals surface area (Å²) < 4.78 is 36.9. The Kier molecular flexibility index (Phi) is 9.32. The highest BCUT2D eigenvalue weighted by Crippen LogP contribution is 2.36. The molecule has 0 aliphatic heterocycles. The van der Waals surface area contributed by atoms with Crippen LogP contribution in [0.25, 0.3) is 11.1 Å². The largest absolute Gasteiger partial charge is 0.359 e. The first kappa shape index (κ1) is 30.0. The molecule has 10 heteroatoms. The summed E-state index contributed by atoms with van der Waals surface area (Å²) in [6.07, 6.45) is 2.76. The van der Waals surface area contributed by atoms with Gasteiger partial charge in [0.1, 0.15) is 22.5 Å². The van der Waals surface area contributed by atoms with Crippen molar-refractivity contribution in [1.82, 2.24) is 20.0 Å². The van der Waals surface area contributed by atoms with E-state index in [2.05, 4.69) is 22.1 Å². The summed E-state index contributed by atoms with van der Waals surface area (Å²) in [6.45, 7) is 10.0. The van der Waals surface area contributed by atoms with Crippen molar-refractivity contribution in [2.75, 3.05) is 11.8 Å². The number of rotatable bonds is 12. The van der Waals surface area contributed by atoms with Gasteiger partial charge in [0.2, 0.25) is 10.0 Å². The van der Waals surface area contributed by atoms with E-state index in [-0.39, 0.29) is 11.7 Å². The van der Waals surface area contributed by atoms with Crippen LogP contribution in [0.1, 0.15) is 83.3 Å². The van der Waals surface area contributed by atoms with E-state index in [1.54, 1.807) is 20.9 Å². The van der Waals surface area contributed by atoms with Crippen LogP contribution in [0.4, 0.5) is 5.82 Å². The molecule has 0 saturated carbocycles. The van der Waals surface area contributed by atoms with Crippen LogP contribution in [0.2, 0.25) is 0 Å². The van der Waals surface area contributed by atoms with Crippen molar-refractivity contribution < 1.29 is 17.7 Å². The van der Waals surface area contributed by atoms with Gasteiger partial charge in [-0.15, -0.1) is 0 Å². The normalized spacial score (nSPS) is 12.3. The molecule has 0 bridgehead atoms. The van der Waals surface area contributed by atoms with Crippen molar-refractivity contribution in [3.05, 3.63) is 88.2 Å². The van der Waals surface area contributed by atoms with Gasteiger partial charge in [0, 0.05) is 25.6 Å². The summed E-state index contributed by atoms with van der Waals surface area (Å²) in [6, 6.07) is 15.6. The summed E-state index contributed by atoms with van der Waals surface area (Å²) in [7, 11) is -2.18. The average Bonchev–Trinajstić information content (AvgIpc) is 3.47. The third kappa shape index (κ3) is 6.22. The number of nitrogens with one attached hydrogen (secondary N) is 2. The van der Waals surface area contributed by atoms with Gasteiger partial charge in [0.05, 0.1) is 5.69 Å². The zero-order chi connectivity index (χ0) is 29.7. The number of carbonyl (C=O) groups is 1. The number of benzene rings is 2. The number of hydrogen-bond acceptors (Lipinski definition) is 6. The molecule has 0 aliphatic carbocycles. The van der Waals surface area contributed by atoms with Gasteiger partial charge in [0.15, 0.2) is 5.82 Å². The standard InChI is InChI=1S/C31H39N5O4S/c1-7-12-28-33-26(8-2)29(31(37)32-6)36(28)19-22-15-17-23(18-16-22)24-13-10-11-14-25(24)27(9-3)41(38,39)35-30-20(4)21(5)40-34-30/h10-11,13-18,27H,7-9,12,19H2,1-6H3,(H,32,37)(H,34,35). The van der Waals surface area contributed by atoms with Crippen molar-refractivity contribution in [3.63, 3.8) is 0 Å². The topological polar surface area (TPSA) is 119 Å². The predicted molar refractivity (Wildman–Crippen MR) is 162 cm³/mol. The van der Waals surface area contributed by atoms with E-state index >= 15 is 0 Å². The molecule has 9 nitrogen and oxygen atoms in total. The lowest BCUT2D eigenvalue weighted by Gasteiger charge is -2.20. The van der Waals surface area contributed by atoms with Crippen molar-refractivity contribution >= 4 is 21.7 Å². The minimum atomic E-state index is -3.81. The van der Waals surface area contributed by atoms with E-state index in [4.69, 9.17) is 9.51 Å². The Morgan fingerprint density at radius 1 is 1.05 bits per heavy atom. The van der Waals surface area contributed by atoms with E-state index in [0.29, 0.717) is 42.0 Å². The molecule has 1 atom stereocenters. The molecule has 41 heavy (non-hydrogen) atoms. The first-order valence-electron chi connectivity index (χ1n) is 14.1. The molecule has 0 saturated heterocycles. The van der Waals surface area contributed by atoms with Gasteiger partial charge in [-0.05, 0) is 55.4 Å². The zero-order valence-corrected chi connectivity index (χ0v) is 25.4. The van der Waals surface area contributed by atoms with Gasteiger partial charge in [-0.2, -0.15) is 0 Å². The van der Waals surface area contributed by atoms with Crippen LogP contribution in [0.5, 0.6) is 0 Å². The lowest BCUT2D eigenvalue weighted by molar-refractivity contribution is 0.0953. The molecule has 0 aliphatic rings. The first-order chi connectivity index (χ1) is 19.6. The predicted octanol–water partition coefficient (Wildman–Crippen LogP) is 5.97. The van der Waals surface area contributed by atoms with Gasteiger partial charge in [-0.1, -0.05) is 74.5 Å². The first-order valence-corrected chi connectivity index (χ1v) is 15.6. The number of amides is 1. The second-order valence-corrected chi connectivity index (χ2v) is 12.0. The summed E-state index contributed by atoms with van der Waals surface area (Å²) in [4.78, 5) is 17.5. The van der Waals surface area contributed by atoms with Crippen LogP contribution in [0.3, 0.4) is 0 Å². The molecule has 2 aromatic heterocycles. The van der Waals surface area contributed by atoms with Crippen LogP contribution >= 0.6 is 0 Å². The summed E-state index contributed by atoms with van der Waals surface area (Å²) in [5.41, 5.74) is 5.56. The third-order valence-corrected chi connectivity index (χ3v) is 9.24. The molecule has 2 aromatic carbocycles. The molecule has 2 N–H and O–H groups in total. The van der Waals surface area contributed by atoms with Crippen LogP contribution in [0.15, 0.2) is 53.1 Å². The Balaban J connectivity index is 1.66. The van der Waals surface area contributed by atoms with Crippen molar-refractivity contribution in [2.45, 2.75) is 72.1 Å². The Labute approximate surface area is 242 Å². The maximum absolute atomic E-state index is 13.5. The Bertz CT molecular complexity index is 1620. The maximum Gasteiger partial charge on any atom is 0.269 e. The molecule has 0 spiro atoms. The Hall–Kier alpha value is -3.92. The van der Waals surface area contributed by atoms with E-state index < -0.39 is 15.3 Å². The average molecular weight is 578 g/mol. The van der Waals surface area contributed by atoms with Gasteiger partial charge in [-0.3, -0.25) is 9.52 Å². The fourth-order valence-electron chi connectivity index (χ4n) is 5.10. The number of anilines is 1. The second kappa shape index (κ2) is 12.7. The number of nitrogens with zero attached hydrogens (tertiary/aromatic N) is 3. The van der Waals surface area contributed by atoms with E-state index in [1.165, 1.54) is 0 Å². The van der Waals surface area contributed by atoms with Crippen LogP contribution < -0.4 is 10.0 Å². The fourth-order valence-corrected chi connectivity index (χ4v) is 6.68. The van der Waals surface area contributed by atoms with E-state index in [0.717, 1.165) is 41.1 Å². The molecule has 4 aromatic rings. The minimum absolute atomic E-state index is 0.140. The fraction of sp³-hybridized carbons (Fsp3) is 0.387. The molecular formula is C31H39N5O4S. The highest BCUT2D eigenvalue weighted by Gasteiger charge is 2.30. The Morgan fingerprint density at radius 2 is 1.76 bits per heavy atom. The summed E-state index contributed by atoms with van der Waals surface area (Å²) in [5.74, 6) is 1.55. The number of sulfonamides is 1. The van der Waals surface area contributed by atoms with E-state index in [9.17, 15) is 13.2 Å². The molecule has 4 rings (SSSR count). The minimum Gasteiger partial charge on any atom is -0.359 e. The van der Waals surface area contributed by atoms with Crippen LogP contribution in [-0.4, -0.2) is 36.1 Å². The highest BCUT2D eigenvalue weighted by molar-refractivity contribution is 7.92. The summed E-state index contributed by atoms with van der Waals surface area (Å²) >= 11 is 0. The SMILES string of the molecule is CCCc1nc(CC)c(C(=O)NC)n1Cc1ccc(-c2ccccc2C(CC)S(=O)(=O)Nc2noc(C)c2C)cc1. The van der Waals surface area contributed by atoms with Gasteiger partial charge >= 0.3 is 0 Å². The zero-order valence-electron chi connectivity index (χ0n) is 24.6. The second-order valence-electron chi connectivity index (χ2n) is 10.1. The smallest absolute Gasteiger partial charge is 0.269 e. The monoisotopic (exact) mass is 577 g/mol.